The molecule has 0 aliphatic heterocycles. The maximum atomic E-state index is 11.5. The molecule has 0 radical (unpaired) electrons. The van der Waals surface area contributed by atoms with Crippen LogP contribution in [0.2, 0.25) is 0 Å². The van der Waals surface area contributed by atoms with Crippen molar-refractivity contribution in [1.82, 2.24) is 10.3 Å². The number of carbonyl (C=O) groups excluding carboxylic acids is 1. The van der Waals surface area contributed by atoms with Crippen LogP contribution in [-0.2, 0) is 11.3 Å². The Morgan fingerprint density at radius 1 is 1.19 bits per heavy atom. The fourth-order valence-electron chi connectivity index (χ4n) is 1.74. The van der Waals surface area contributed by atoms with Crippen LogP contribution >= 0.6 is 0 Å². The average Bonchev–Trinajstić information content (AvgIpc) is 2.53. The number of benzene rings is 1. The third-order valence-corrected chi connectivity index (χ3v) is 2.86. The Morgan fingerprint density at radius 2 is 2.00 bits per heavy atom. The van der Waals surface area contributed by atoms with Crippen molar-refractivity contribution in [1.29, 1.82) is 0 Å². The van der Waals surface area contributed by atoms with Crippen molar-refractivity contribution in [2.45, 2.75) is 19.4 Å². The molecular weight excluding hydrogens is 266 g/mol. The molecule has 5 nitrogen and oxygen atoms in total. The number of pyridine rings is 1. The summed E-state index contributed by atoms with van der Waals surface area (Å²) in [4.78, 5) is 15.7. The summed E-state index contributed by atoms with van der Waals surface area (Å²) in [5.74, 6) is 1.28. The molecule has 5 heteroatoms. The molecule has 0 aliphatic rings. The van der Waals surface area contributed by atoms with Crippen LogP contribution in [0.5, 0.6) is 11.6 Å². The molecule has 0 atom stereocenters. The zero-order valence-corrected chi connectivity index (χ0v) is 11.8. The number of nitrogens with two attached hydrogens (primary N) is 1. The predicted octanol–water partition coefficient (Wildman–Crippen LogP) is 2.23. The molecule has 0 unspecified atom stereocenters. The number of nitrogens with one attached hydrogen (secondary N) is 1. The van der Waals surface area contributed by atoms with Crippen LogP contribution in [0.3, 0.4) is 0 Å². The van der Waals surface area contributed by atoms with Gasteiger partial charge in [-0.1, -0.05) is 24.3 Å². The summed E-state index contributed by atoms with van der Waals surface area (Å²) < 4.78 is 5.60. The monoisotopic (exact) mass is 285 g/mol. The van der Waals surface area contributed by atoms with Crippen molar-refractivity contribution in [2.24, 2.45) is 5.73 Å². The molecule has 2 aromatic rings. The second-order valence-electron chi connectivity index (χ2n) is 4.59. The van der Waals surface area contributed by atoms with Crippen LogP contribution in [0.4, 0.5) is 0 Å². The predicted molar refractivity (Wildman–Crippen MR) is 80.9 cm³/mol. The molecule has 1 aromatic carbocycles. The zero-order valence-electron chi connectivity index (χ0n) is 11.8. The summed E-state index contributed by atoms with van der Waals surface area (Å²) in [6.45, 7) is 0.989. The molecule has 0 spiro atoms. The van der Waals surface area contributed by atoms with Crippen molar-refractivity contribution in [2.75, 3.05) is 6.54 Å². The van der Waals surface area contributed by atoms with Crippen molar-refractivity contribution in [3.63, 3.8) is 0 Å². The van der Waals surface area contributed by atoms with Gasteiger partial charge in [-0.25, -0.2) is 4.98 Å². The quantitative estimate of drug-likeness (QED) is 0.817. The van der Waals surface area contributed by atoms with Gasteiger partial charge in [0.25, 0.3) is 0 Å². The van der Waals surface area contributed by atoms with E-state index in [1.807, 2.05) is 36.4 Å². The maximum Gasteiger partial charge on any atom is 0.220 e. The SMILES string of the molecule is NCCCC(=O)NCc1ccc(Oc2ccccc2)nc1. The van der Waals surface area contributed by atoms with E-state index in [-0.39, 0.29) is 5.91 Å². The van der Waals surface area contributed by atoms with Gasteiger partial charge < -0.3 is 15.8 Å². The topological polar surface area (TPSA) is 77.2 Å². The molecule has 3 N–H and O–H groups in total. The van der Waals surface area contributed by atoms with Crippen LogP contribution < -0.4 is 15.8 Å². The summed E-state index contributed by atoms with van der Waals surface area (Å²) in [5, 5.41) is 2.83. The summed E-state index contributed by atoms with van der Waals surface area (Å²) in [5.41, 5.74) is 6.29. The Balaban J connectivity index is 1.83. The molecule has 0 bridgehead atoms. The van der Waals surface area contributed by atoms with Crippen molar-refractivity contribution in [3.8, 4) is 11.6 Å². The Labute approximate surface area is 124 Å². The van der Waals surface area contributed by atoms with Crippen LogP contribution in [0, 0.1) is 0 Å². The van der Waals surface area contributed by atoms with Crippen LogP contribution in [0.15, 0.2) is 48.7 Å². The normalized spacial score (nSPS) is 10.1. The number of rotatable bonds is 7. The van der Waals surface area contributed by atoms with Crippen molar-refractivity contribution < 1.29 is 9.53 Å². The summed E-state index contributed by atoms with van der Waals surface area (Å²) in [6, 6.07) is 13.1. The number of carbonyl (C=O) groups is 1. The number of aromatic nitrogens is 1. The summed E-state index contributed by atoms with van der Waals surface area (Å²) >= 11 is 0. The van der Waals surface area contributed by atoms with E-state index in [9.17, 15) is 4.79 Å². The summed E-state index contributed by atoms with van der Waals surface area (Å²) in [6.07, 6.45) is 2.86. The van der Waals surface area contributed by atoms with Crippen molar-refractivity contribution >= 4 is 5.91 Å². The molecule has 2 rings (SSSR count). The molecular formula is C16H19N3O2. The van der Waals surface area contributed by atoms with Crippen LogP contribution in [0.25, 0.3) is 0 Å². The van der Waals surface area contributed by atoms with Gasteiger partial charge >= 0.3 is 0 Å². The lowest BCUT2D eigenvalue weighted by Gasteiger charge is -2.07. The fourth-order valence-corrected chi connectivity index (χ4v) is 1.74. The van der Waals surface area contributed by atoms with E-state index in [1.54, 1.807) is 12.3 Å². The van der Waals surface area contributed by atoms with E-state index < -0.39 is 0 Å². The smallest absolute Gasteiger partial charge is 0.220 e. The first-order valence-electron chi connectivity index (χ1n) is 6.92. The number of hydrogen-bond donors (Lipinski definition) is 2. The van der Waals surface area contributed by atoms with Gasteiger partial charge in [0.05, 0.1) is 0 Å². The third kappa shape index (κ3) is 5.24. The van der Waals surface area contributed by atoms with Gasteiger partial charge in [-0.3, -0.25) is 4.79 Å². The number of nitrogens with zero attached hydrogens (tertiary/aromatic N) is 1. The minimum atomic E-state index is 0.00469. The molecule has 21 heavy (non-hydrogen) atoms. The second kappa shape index (κ2) is 8.01. The van der Waals surface area contributed by atoms with E-state index in [2.05, 4.69) is 10.3 Å². The highest BCUT2D eigenvalue weighted by atomic mass is 16.5. The Hall–Kier alpha value is -2.40. The molecule has 1 aromatic heterocycles. The molecule has 110 valence electrons. The van der Waals surface area contributed by atoms with E-state index in [0.29, 0.717) is 31.8 Å². The molecule has 0 aliphatic carbocycles. The zero-order chi connectivity index (χ0) is 14.9. The third-order valence-electron chi connectivity index (χ3n) is 2.86. The minimum absolute atomic E-state index is 0.00469. The van der Waals surface area contributed by atoms with Gasteiger partial charge in [0.2, 0.25) is 11.8 Å². The van der Waals surface area contributed by atoms with Gasteiger partial charge in [0.1, 0.15) is 5.75 Å². The lowest BCUT2D eigenvalue weighted by Crippen LogP contribution is -2.23. The van der Waals surface area contributed by atoms with Gasteiger partial charge in [0.15, 0.2) is 0 Å². The molecule has 1 heterocycles. The van der Waals surface area contributed by atoms with Gasteiger partial charge in [-0.15, -0.1) is 0 Å². The van der Waals surface area contributed by atoms with Gasteiger partial charge in [-0.2, -0.15) is 0 Å². The van der Waals surface area contributed by atoms with Crippen molar-refractivity contribution in [3.05, 3.63) is 54.2 Å². The van der Waals surface area contributed by atoms with E-state index in [0.717, 1.165) is 11.3 Å². The first kappa shape index (κ1) is 15.0. The molecule has 0 fully saturated rings. The molecule has 0 saturated heterocycles. The Kier molecular flexibility index (Phi) is 5.72. The fraction of sp³-hybridized carbons (Fsp3) is 0.250. The van der Waals surface area contributed by atoms with E-state index in [1.165, 1.54) is 0 Å². The van der Waals surface area contributed by atoms with E-state index in [4.69, 9.17) is 10.5 Å². The standard InChI is InChI=1S/C16H19N3O2/c17-10-4-7-15(20)18-11-13-8-9-16(19-12-13)21-14-5-2-1-3-6-14/h1-3,5-6,8-9,12H,4,7,10-11,17H2,(H,18,20). The Morgan fingerprint density at radius 3 is 2.67 bits per heavy atom. The first-order valence-corrected chi connectivity index (χ1v) is 6.92. The molecule has 0 saturated carbocycles. The van der Waals surface area contributed by atoms with Gasteiger partial charge in [-0.05, 0) is 30.7 Å². The lowest BCUT2D eigenvalue weighted by molar-refractivity contribution is -0.121. The number of ether oxygens (including phenoxy) is 1. The summed E-state index contributed by atoms with van der Waals surface area (Å²) in [7, 11) is 0. The van der Waals surface area contributed by atoms with E-state index >= 15 is 0 Å². The largest absolute Gasteiger partial charge is 0.439 e. The van der Waals surface area contributed by atoms with Crippen LogP contribution in [-0.4, -0.2) is 17.4 Å². The first-order chi connectivity index (χ1) is 10.3. The highest BCUT2D eigenvalue weighted by Gasteiger charge is 2.02. The van der Waals surface area contributed by atoms with Gasteiger partial charge in [0, 0.05) is 25.2 Å². The number of amides is 1. The second-order valence-corrected chi connectivity index (χ2v) is 4.59. The van der Waals surface area contributed by atoms with Crippen LogP contribution in [0.1, 0.15) is 18.4 Å². The minimum Gasteiger partial charge on any atom is -0.439 e. The number of hydrogen-bond acceptors (Lipinski definition) is 4. The molecule has 1 amide bonds. The Bertz CT molecular complexity index is 555. The highest BCUT2D eigenvalue weighted by molar-refractivity contribution is 5.75. The average molecular weight is 285 g/mol. The highest BCUT2D eigenvalue weighted by Crippen LogP contribution is 2.18. The maximum absolute atomic E-state index is 11.5. The lowest BCUT2D eigenvalue weighted by atomic mass is 10.2. The number of para-hydroxylation sites is 1.